The SMILES string of the molecule is CN1CCN(C(=NCCSCCN)Nc2cccc3ccccc23)CC1. The van der Waals surface area contributed by atoms with Gasteiger partial charge in [0.2, 0.25) is 0 Å². The summed E-state index contributed by atoms with van der Waals surface area (Å²) < 4.78 is 0. The number of thioether (sulfide) groups is 1. The molecule has 6 heteroatoms. The van der Waals surface area contributed by atoms with E-state index in [0.717, 1.165) is 62.4 Å². The average Bonchev–Trinajstić information content (AvgIpc) is 2.68. The van der Waals surface area contributed by atoms with Crippen LogP contribution in [0.25, 0.3) is 10.8 Å². The minimum atomic E-state index is 0.730. The molecule has 140 valence electrons. The van der Waals surface area contributed by atoms with Crippen LogP contribution in [-0.4, -0.2) is 73.6 Å². The molecule has 0 spiro atoms. The standard InChI is InChI=1S/C20H29N5S/c1-24-11-13-25(14-12-24)20(22-10-16-26-15-9-21)23-19-8-4-6-17-5-2-3-7-18(17)19/h2-8H,9-16,21H2,1H3,(H,22,23). The van der Waals surface area contributed by atoms with Crippen molar-refractivity contribution >= 4 is 34.2 Å². The Balaban J connectivity index is 1.76. The van der Waals surface area contributed by atoms with Gasteiger partial charge in [0.1, 0.15) is 0 Å². The van der Waals surface area contributed by atoms with Crippen LogP contribution < -0.4 is 11.1 Å². The van der Waals surface area contributed by atoms with Crippen LogP contribution in [0.2, 0.25) is 0 Å². The number of nitrogens with one attached hydrogen (secondary N) is 1. The molecule has 1 saturated heterocycles. The number of likely N-dealkylation sites (N-methyl/N-ethyl adjacent to an activating group) is 1. The molecule has 1 fully saturated rings. The summed E-state index contributed by atoms with van der Waals surface area (Å²) in [5.41, 5.74) is 6.69. The molecule has 1 heterocycles. The molecule has 0 saturated carbocycles. The average molecular weight is 372 g/mol. The zero-order valence-corrected chi connectivity index (χ0v) is 16.3. The Bertz CT molecular complexity index is 720. The molecule has 0 aliphatic carbocycles. The Labute approximate surface area is 160 Å². The number of anilines is 1. The lowest BCUT2D eigenvalue weighted by Gasteiger charge is -2.35. The van der Waals surface area contributed by atoms with Crippen LogP contribution in [0.1, 0.15) is 0 Å². The Hall–Kier alpha value is -1.76. The van der Waals surface area contributed by atoms with Crippen LogP contribution in [0.5, 0.6) is 0 Å². The third kappa shape index (κ3) is 5.13. The van der Waals surface area contributed by atoms with Gasteiger partial charge in [-0.25, -0.2) is 0 Å². The summed E-state index contributed by atoms with van der Waals surface area (Å²) in [6, 6.07) is 14.9. The predicted molar refractivity (Wildman–Crippen MR) is 115 cm³/mol. The van der Waals surface area contributed by atoms with Gasteiger partial charge in [0.05, 0.1) is 6.54 Å². The van der Waals surface area contributed by atoms with Crippen molar-refractivity contribution in [3.8, 4) is 0 Å². The van der Waals surface area contributed by atoms with Crippen LogP contribution in [0.15, 0.2) is 47.5 Å². The number of hydrogen-bond acceptors (Lipinski definition) is 4. The van der Waals surface area contributed by atoms with E-state index in [2.05, 4.69) is 64.6 Å². The highest BCUT2D eigenvalue weighted by molar-refractivity contribution is 7.99. The molecule has 0 atom stereocenters. The first-order valence-corrected chi connectivity index (χ1v) is 10.4. The van der Waals surface area contributed by atoms with Gasteiger partial charge in [0.15, 0.2) is 5.96 Å². The molecule has 3 rings (SSSR count). The molecular formula is C20H29N5S. The predicted octanol–water partition coefficient (Wildman–Crippen LogP) is 2.55. The second-order valence-electron chi connectivity index (χ2n) is 6.55. The summed E-state index contributed by atoms with van der Waals surface area (Å²) in [6.45, 7) is 5.68. The number of benzene rings is 2. The highest BCUT2D eigenvalue weighted by Gasteiger charge is 2.18. The molecule has 0 amide bonds. The van der Waals surface area contributed by atoms with Crippen LogP contribution in [0, 0.1) is 0 Å². The van der Waals surface area contributed by atoms with Gasteiger partial charge in [-0.1, -0.05) is 36.4 Å². The maximum Gasteiger partial charge on any atom is 0.198 e. The zero-order valence-electron chi connectivity index (χ0n) is 15.5. The number of nitrogens with two attached hydrogens (primary N) is 1. The van der Waals surface area contributed by atoms with Crippen molar-refractivity contribution in [2.45, 2.75) is 0 Å². The number of nitrogens with zero attached hydrogens (tertiary/aromatic N) is 3. The fraction of sp³-hybridized carbons (Fsp3) is 0.450. The normalized spacial score (nSPS) is 16.2. The quantitative estimate of drug-likeness (QED) is 0.464. The summed E-state index contributed by atoms with van der Waals surface area (Å²) >= 11 is 1.86. The van der Waals surface area contributed by atoms with Gasteiger partial charge in [0.25, 0.3) is 0 Å². The number of rotatable bonds is 6. The molecule has 2 aromatic rings. The van der Waals surface area contributed by atoms with Crippen molar-refractivity contribution in [1.82, 2.24) is 9.80 Å². The van der Waals surface area contributed by atoms with Crippen molar-refractivity contribution in [1.29, 1.82) is 0 Å². The molecular weight excluding hydrogens is 342 g/mol. The molecule has 26 heavy (non-hydrogen) atoms. The summed E-state index contributed by atoms with van der Waals surface area (Å²) in [5, 5.41) is 6.10. The Morgan fingerprint density at radius 3 is 2.65 bits per heavy atom. The summed E-state index contributed by atoms with van der Waals surface area (Å²) in [7, 11) is 2.18. The van der Waals surface area contributed by atoms with Crippen LogP contribution in [0.3, 0.4) is 0 Å². The molecule has 5 nitrogen and oxygen atoms in total. The van der Waals surface area contributed by atoms with E-state index in [4.69, 9.17) is 10.7 Å². The van der Waals surface area contributed by atoms with E-state index in [1.807, 2.05) is 11.8 Å². The lowest BCUT2D eigenvalue weighted by Crippen LogP contribution is -2.49. The number of fused-ring (bicyclic) bond motifs is 1. The van der Waals surface area contributed by atoms with E-state index in [-0.39, 0.29) is 0 Å². The Morgan fingerprint density at radius 2 is 1.85 bits per heavy atom. The molecule has 0 unspecified atom stereocenters. The molecule has 0 bridgehead atoms. The first-order chi connectivity index (χ1) is 12.8. The zero-order chi connectivity index (χ0) is 18.2. The monoisotopic (exact) mass is 371 g/mol. The fourth-order valence-corrected chi connectivity index (χ4v) is 3.68. The first-order valence-electron chi connectivity index (χ1n) is 9.28. The van der Waals surface area contributed by atoms with E-state index in [9.17, 15) is 0 Å². The lowest BCUT2D eigenvalue weighted by molar-refractivity contribution is 0.215. The number of hydrogen-bond donors (Lipinski definition) is 2. The van der Waals surface area contributed by atoms with Gasteiger partial charge < -0.3 is 20.9 Å². The summed E-state index contributed by atoms with van der Waals surface area (Å²) in [5.74, 6) is 2.99. The fourth-order valence-electron chi connectivity index (χ4n) is 3.09. The molecule has 1 aliphatic heterocycles. The first kappa shape index (κ1) is 19.0. The van der Waals surface area contributed by atoms with Crippen molar-refractivity contribution in [3.05, 3.63) is 42.5 Å². The van der Waals surface area contributed by atoms with Crippen molar-refractivity contribution in [3.63, 3.8) is 0 Å². The van der Waals surface area contributed by atoms with E-state index < -0.39 is 0 Å². The maximum absolute atomic E-state index is 5.57. The van der Waals surface area contributed by atoms with Crippen LogP contribution in [-0.2, 0) is 0 Å². The lowest BCUT2D eigenvalue weighted by atomic mass is 10.1. The Kier molecular flexibility index (Phi) is 7.17. The molecule has 3 N–H and O–H groups in total. The second kappa shape index (κ2) is 9.80. The topological polar surface area (TPSA) is 56.9 Å². The van der Waals surface area contributed by atoms with E-state index in [0.29, 0.717) is 0 Å². The van der Waals surface area contributed by atoms with Gasteiger partial charge in [0, 0.05) is 55.3 Å². The number of piperazine rings is 1. The highest BCUT2D eigenvalue weighted by atomic mass is 32.2. The van der Waals surface area contributed by atoms with E-state index >= 15 is 0 Å². The second-order valence-corrected chi connectivity index (χ2v) is 7.77. The largest absolute Gasteiger partial charge is 0.340 e. The van der Waals surface area contributed by atoms with Gasteiger partial charge in [-0.05, 0) is 18.5 Å². The summed E-state index contributed by atoms with van der Waals surface area (Å²) in [6.07, 6.45) is 0. The van der Waals surface area contributed by atoms with Crippen molar-refractivity contribution in [2.75, 3.05) is 63.1 Å². The number of aliphatic imine (C=N–C) groups is 1. The molecule has 1 aliphatic rings. The number of guanidine groups is 1. The molecule has 0 aromatic heterocycles. The molecule has 0 radical (unpaired) electrons. The van der Waals surface area contributed by atoms with Gasteiger partial charge in [-0.3, -0.25) is 4.99 Å². The minimum Gasteiger partial charge on any atom is -0.340 e. The third-order valence-corrected chi connectivity index (χ3v) is 5.59. The van der Waals surface area contributed by atoms with E-state index in [1.54, 1.807) is 0 Å². The van der Waals surface area contributed by atoms with Crippen molar-refractivity contribution < 1.29 is 0 Å². The highest BCUT2D eigenvalue weighted by Crippen LogP contribution is 2.23. The van der Waals surface area contributed by atoms with Crippen molar-refractivity contribution in [2.24, 2.45) is 10.7 Å². The molecule has 2 aromatic carbocycles. The van der Waals surface area contributed by atoms with E-state index in [1.165, 1.54) is 10.8 Å². The van der Waals surface area contributed by atoms with Gasteiger partial charge in [-0.2, -0.15) is 11.8 Å². The van der Waals surface area contributed by atoms with Gasteiger partial charge in [-0.15, -0.1) is 0 Å². The maximum atomic E-state index is 5.57. The van der Waals surface area contributed by atoms with Crippen LogP contribution in [0.4, 0.5) is 5.69 Å². The smallest absolute Gasteiger partial charge is 0.198 e. The summed E-state index contributed by atoms with van der Waals surface area (Å²) in [4.78, 5) is 9.63. The Morgan fingerprint density at radius 1 is 1.08 bits per heavy atom. The van der Waals surface area contributed by atoms with Gasteiger partial charge >= 0.3 is 0 Å². The third-order valence-electron chi connectivity index (χ3n) is 4.60. The minimum absolute atomic E-state index is 0.730. The van der Waals surface area contributed by atoms with Crippen LogP contribution >= 0.6 is 11.8 Å².